The molecule has 1 saturated heterocycles. The van der Waals surface area contributed by atoms with E-state index in [1.165, 1.54) is 0 Å². The van der Waals surface area contributed by atoms with Gasteiger partial charge in [0.2, 0.25) is 11.8 Å². The van der Waals surface area contributed by atoms with Gasteiger partial charge < -0.3 is 15.1 Å². The molecule has 0 aliphatic carbocycles. The zero-order chi connectivity index (χ0) is 15.9. The van der Waals surface area contributed by atoms with Crippen LogP contribution in [0.3, 0.4) is 0 Å². The Balaban J connectivity index is 1.73. The summed E-state index contributed by atoms with van der Waals surface area (Å²) < 4.78 is 0. The third-order valence-electron chi connectivity index (χ3n) is 3.70. The van der Waals surface area contributed by atoms with E-state index in [4.69, 9.17) is 0 Å². The first-order chi connectivity index (χ1) is 10.6. The van der Waals surface area contributed by atoms with Crippen molar-refractivity contribution in [3.05, 3.63) is 24.3 Å². The fourth-order valence-electron chi connectivity index (χ4n) is 2.40. The summed E-state index contributed by atoms with van der Waals surface area (Å²) in [6.07, 6.45) is 5.90. The third-order valence-corrected chi connectivity index (χ3v) is 3.70. The topological polar surface area (TPSA) is 78.4 Å². The van der Waals surface area contributed by atoms with E-state index >= 15 is 0 Å². The Bertz CT molecular complexity index is 506. The quantitative estimate of drug-likeness (QED) is 0.738. The maximum Gasteiger partial charge on any atom is 0.225 e. The average Bonchev–Trinajstić information content (AvgIpc) is 2.87. The molecule has 0 aromatic carbocycles. The number of hydrogen-bond acceptors (Lipinski definition) is 5. The predicted molar refractivity (Wildman–Crippen MR) is 82.0 cm³/mol. The molecule has 7 nitrogen and oxygen atoms in total. The molecule has 2 rings (SSSR count). The summed E-state index contributed by atoms with van der Waals surface area (Å²) in [4.78, 5) is 36.0. The molecule has 1 aromatic rings. The lowest BCUT2D eigenvalue weighted by Crippen LogP contribution is -2.36. The van der Waals surface area contributed by atoms with Crippen LogP contribution >= 0.6 is 0 Å². The van der Waals surface area contributed by atoms with Gasteiger partial charge in [0, 0.05) is 57.6 Å². The lowest BCUT2D eigenvalue weighted by molar-refractivity contribution is -0.129. The van der Waals surface area contributed by atoms with Crippen molar-refractivity contribution in [2.24, 2.45) is 5.92 Å². The second kappa shape index (κ2) is 7.84. The minimum absolute atomic E-state index is 0.0513. The van der Waals surface area contributed by atoms with Gasteiger partial charge in [0.05, 0.1) is 11.6 Å². The number of rotatable bonds is 7. The van der Waals surface area contributed by atoms with Crippen molar-refractivity contribution in [1.29, 1.82) is 0 Å². The van der Waals surface area contributed by atoms with E-state index in [0.717, 1.165) is 12.2 Å². The molecule has 2 amide bonds. The van der Waals surface area contributed by atoms with Crippen molar-refractivity contribution in [2.45, 2.75) is 12.8 Å². The third kappa shape index (κ3) is 4.77. The first-order valence-corrected chi connectivity index (χ1v) is 7.51. The summed E-state index contributed by atoms with van der Waals surface area (Å²) in [6, 6.07) is 0. The number of likely N-dealkylation sites (tertiary alicyclic amines) is 1. The zero-order valence-corrected chi connectivity index (χ0v) is 13.2. The van der Waals surface area contributed by atoms with Crippen molar-refractivity contribution >= 4 is 11.8 Å². The number of aromatic nitrogens is 2. The fourth-order valence-corrected chi connectivity index (χ4v) is 2.40. The molecule has 1 fully saturated rings. The molecule has 0 radical (unpaired) electrons. The van der Waals surface area contributed by atoms with Gasteiger partial charge in [0.15, 0.2) is 0 Å². The van der Waals surface area contributed by atoms with E-state index < -0.39 is 0 Å². The molecule has 0 bridgehead atoms. The standard InChI is InChI=1S/C15H23N5O2/c1-19(2)7-8-20-11-12(9-14(20)21)15(22)18-4-3-13-10-16-5-6-17-13/h5-6,10,12H,3-4,7-9,11H2,1-2H3,(H,18,22). The summed E-state index contributed by atoms with van der Waals surface area (Å²) >= 11 is 0. The molecule has 1 atom stereocenters. The SMILES string of the molecule is CN(C)CCN1CC(C(=O)NCCc2cnccn2)CC1=O. The van der Waals surface area contributed by atoms with E-state index in [1.807, 2.05) is 19.0 Å². The Morgan fingerprint density at radius 3 is 2.95 bits per heavy atom. The number of carbonyl (C=O) groups is 2. The molecule has 120 valence electrons. The highest BCUT2D eigenvalue weighted by atomic mass is 16.2. The molecule has 1 unspecified atom stereocenters. The molecule has 0 saturated carbocycles. The second-order valence-electron chi connectivity index (χ2n) is 5.78. The maximum absolute atomic E-state index is 12.1. The smallest absolute Gasteiger partial charge is 0.225 e. The molecule has 1 aromatic heterocycles. The van der Waals surface area contributed by atoms with Crippen molar-refractivity contribution in [2.75, 3.05) is 40.3 Å². The van der Waals surface area contributed by atoms with Crippen LogP contribution in [0.1, 0.15) is 12.1 Å². The lowest BCUT2D eigenvalue weighted by atomic mass is 10.1. The van der Waals surface area contributed by atoms with E-state index in [-0.39, 0.29) is 17.7 Å². The molecule has 1 aliphatic heterocycles. The Kier molecular flexibility index (Phi) is 5.83. The van der Waals surface area contributed by atoms with Gasteiger partial charge in [-0.05, 0) is 14.1 Å². The molecule has 0 spiro atoms. The van der Waals surface area contributed by atoms with Gasteiger partial charge in [0.25, 0.3) is 0 Å². The van der Waals surface area contributed by atoms with Crippen LogP contribution in [0.5, 0.6) is 0 Å². The van der Waals surface area contributed by atoms with E-state index in [9.17, 15) is 9.59 Å². The fraction of sp³-hybridized carbons (Fsp3) is 0.600. The summed E-state index contributed by atoms with van der Waals surface area (Å²) in [7, 11) is 3.94. The van der Waals surface area contributed by atoms with E-state index in [2.05, 4.69) is 15.3 Å². The molecular weight excluding hydrogens is 282 g/mol. The minimum atomic E-state index is -0.239. The number of carbonyl (C=O) groups excluding carboxylic acids is 2. The molecule has 7 heteroatoms. The highest BCUT2D eigenvalue weighted by molar-refractivity contribution is 5.89. The van der Waals surface area contributed by atoms with Crippen LogP contribution < -0.4 is 5.32 Å². The monoisotopic (exact) mass is 305 g/mol. The summed E-state index contributed by atoms with van der Waals surface area (Å²) in [5.74, 6) is -0.225. The first kappa shape index (κ1) is 16.4. The zero-order valence-electron chi connectivity index (χ0n) is 13.2. The van der Waals surface area contributed by atoms with Gasteiger partial charge >= 0.3 is 0 Å². The van der Waals surface area contributed by atoms with Crippen LogP contribution in [-0.2, 0) is 16.0 Å². The normalized spacial score (nSPS) is 18.0. The Hall–Kier alpha value is -2.02. The van der Waals surface area contributed by atoms with E-state index in [0.29, 0.717) is 32.5 Å². The highest BCUT2D eigenvalue weighted by Gasteiger charge is 2.33. The largest absolute Gasteiger partial charge is 0.355 e. The van der Waals surface area contributed by atoms with Gasteiger partial charge in [-0.1, -0.05) is 0 Å². The van der Waals surface area contributed by atoms with Crippen molar-refractivity contribution in [1.82, 2.24) is 25.1 Å². The van der Waals surface area contributed by atoms with Crippen LogP contribution in [0, 0.1) is 5.92 Å². The lowest BCUT2D eigenvalue weighted by Gasteiger charge is -2.19. The Morgan fingerprint density at radius 1 is 1.45 bits per heavy atom. The van der Waals surface area contributed by atoms with Crippen LogP contribution in [0.15, 0.2) is 18.6 Å². The number of nitrogens with one attached hydrogen (secondary N) is 1. The number of likely N-dealkylation sites (N-methyl/N-ethyl adjacent to an activating group) is 1. The van der Waals surface area contributed by atoms with Gasteiger partial charge in [0.1, 0.15) is 0 Å². The molecule has 22 heavy (non-hydrogen) atoms. The second-order valence-corrected chi connectivity index (χ2v) is 5.78. The number of hydrogen-bond donors (Lipinski definition) is 1. The van der Waals surface area contributed by atoms with Crippen LogP contribution in [0.4, 0.5) is 0 Å². The summed E-state index contributed by atoms with van der Waals surface area (Å²) in [6.45, 7) is 2.52. The first-order valence-electron chi connectivity index (χ1n) is 7.51. The molecule has 1 aliphatic rings. The van der Waals surface area contributed by atoms with Gasteiger partial charge in [-0.25, -0.2) is 0 Å². The molecular formula is C15H23N5O2. The molecule has 1 N–H and O–H groups in total. The highest BCUT2D eigenvalue weighted by Crippen LogP contribution is 2.17. The van der Waals surface area contributed by atoms with Gasteiger partial charge in [-0.15, -0.1) is 0 Å². The van der Waals surface area contributed by atoms with Gasteiger partial charge in [-0.3, -0.25) is 19.6 Å². The van der Waals surface area contributed by atoms with Gasteiger partial charge in [-0.2, -0.15) is 0 Å². The van der Waals surface area contributed by atoms with Crippen LogP contribution in [0.2, 0.25) is 0 Å². The Labute approximate surface area is 130 Å². The summed E-state index contributed by atoms with van der Waals surface area (Å²) in [5, 5.41) is 2.88. The van der Waals surface area contributed by atoms with Crippen LogP contribution in [0.25, 0.3) is 0 Å². The predicted octanol–water partition coefficient (Wildman–Crippen LogP) is -0.455. The van der Waals surface area contributed by atoms with Crippen molar-refractivity contribution < 1.29 is 9.59 Å². The number of nitrogens with zero attached hydrogens (tertiary/aromatic N) is 4. The molecule has 2 heterocycles. The summed E-state index contributed by atoms with van der Waals surface area (Å²) in [5.41, 5.74) is 0.845. The van der Waals surface area contributed by atoms with Crippen LogP contribution in [-0.4, -0.2) is 71.9 Å². The minimum Gasteiger partial charge on any atom is -0.355 e. The van der Waals surface area contributed by atoms with E-state index in [1.54, 1.807) is 23.5 Å². The number of amides is 2. The van der Waals surface area contributed by atoms with Crippen molar-refractivity contribution in [3.63, 3.8) is 0 Å². The van der Waals surface area contributed by atoms with Crippen molar-refractivity contribution in [3.8, 4) is 0 Å². The maximum atomic E-state index is 12.1. The Morgan fingerprint density at radius 2 is 2.27 bits per heavy atom. The average molecular weight is 305 g/mol.